The highest BCUT2D eigenvalue weighted by atomic mass is 14.7. The van der Waals surface area contributed by atoms with Gasteiger partial charge >= 0.3 is 0 Å². The number of benzene rings is 1. The first-order valence-electron chi connectivity index (χ1n) is 9.37. The summed E-state index contributed by atoms with van der Waals surface area (Å²) in [5, 5.41) is 0. The van der Waals surface area contributed by atoms with Gasteiger partial charge in [-0.2, -0.15) is 0 Å². The normalized spacial score (nSPS) is 10.9. The molecular weight excluding hydrogens is 278 g/mol. The van der Waals surface area contributed by atoms with E-state index in [4.69, 9.17) is 0 Å². The summed E-state index contributed by atoms with van der Waals surface area (Å²) >= 11 is 0. The number of aryl methyl sites for hydroxylation is 2. The molecule has 0 radical (unpaired) electrons. The molecule has 1 aromatic heterocycles. The third-order valence-corrected chi connectivity index (χ3v) is 4.47. The minimum absolute atomic E-state index is 1.11. The maximum atomic E-state index is 4.64. The van der Waals surface area contributed by atoms with E-state index in [1.54, 1.807) is 0 Å². The quantitative estimate of drug-likeness (QED) is 0.450. The minimum atomic E-state index is 1.11. The predicted molar refractivity (Wildman–Crippen MR) is 101 cm³/mol. The maximum absolute atomic E-state index is 4.64. The molecular formula is C22H31N. The number of hydrogen-bond acceptors (Lipinski definition) is 1. The van der Waals surface area contributed by atoms with Gasteiger partial charge in [0.2, 0.25) is 0 Å². The second kappa shape index (κ2) is 10.2. The highest BCUT2D eigenvalue weighted by Crippen LogP contribution is 2.20. The number of pyridine rings is 1. The standard InChI is InChI=1S/C22H31N/c1-3-5-7-9-11-22-17-16-21(18-23-22)20-14-12-19(13-15-20)10-8-6-4-2/h12-18H,3-11H2,1-2H3. The Morgan fingerprint density at radius 1 is 0.652 bits per heavy atom. The van der Waals surface area contributed by atoms with Crippen molar-refractivity contribution in [1.29, 1.82) is 0 Å². The van der Waals surface area contributed by atoms with E-state index in [0.717, 1.165) is 6.42 Å². The van der Waals surface area contributed by atoms with Crippen molar-refractivity contribution in [3.05, 3.63) is 53.9 Å². The van der Waals surface area contributed by atoms with Crippen LogP contribution in [-0.4, -0.2) is 4.98 Å². The molecule has 0 atom stereocenters. The van der Waals surface area contributed by atoms with Crippen LogP contribution in [0.2, 0.25) is 0 Å². The Kier molecular flexibility index (Phi) is 7.86. The van der Waals surface area contributed by atoms with Crippen molar-refractivity contribution in [3.63, 3.8) is 0 Å². The monoisotopic (exact) mass is 309 g/mol. The van der Waals surface area contributed by atoms with Crippen molar-refractivity contribution >= 4 is 0 Å². The molecule has 1 aromatic carbocycles. The van der Waals surface area contributed by atoms with Crippen molar-refractivity contribution in [2.75, 3.05) is 0 Å². The van der Waals surface area contributed by atoms with Crippen LogP contribution in [0.25, 0.3) is 11.1 Å². The molecule has 0 aliphatic rings. The lowest BCUT2D eigenvalue weighted by Gasteiger charge is -2.06. The van der Waals surface area contributed by atoms with Gasteiger partial charge in [-0.3, -0.25) is 4.98 Å². The predicted octanol–water partition coefficient (Wildman–Crippen LogP) is 6.60. The molecule has 0 unspecified atom stereocenters. The lowest BCUT2D eigenvalue weighted by atomic mass is 10.0. The average Bonchev–Trinajstić information content (AvgIpc) is 2.60. The van der Waals surface area contributed by atoms with Gasteiger partial charge in [0.05, 0.1) is 0 Å². The SMILES string of the molecule is CCCCCCc1ccc(-c2ccc(CCCCC)cc2)cn1. The van der Waals surface area contributed by atoms with Crippen LogP contribution < -0.4 is 0 Å². The highest BCUT2D eigenvalue weighted by Gasteiger charge is 2.01. The number of rotatable bonds is 10. The summed E-state index contributed by atoms with van der Waals surface area (Å²) < 4.78 is 0. The van der Waals surface area contributed by atoms with E-state index in [2.05, 4.69) is 55.2 Å². The van der Waals surface area contributed by atoms with E-state index in [0.29, 0.717) is 0 Å². The summed E-state index contributed by atoms with van der Waals surface area (Å²) in [5.74, 6) is 0. The molecule has 0 bridgehead atoms. The fourth-order valence-corrected chi connectivity index (χ4v) is 2.92. The van der Waals surface area contributed by atoms with Gasteiger partial charge in [-0.05, 0) is 42.9 Å². The van der Waals surface area contributed by atoms with Gasteiger partial charge in [0.1, 0.15) is 0 Å². The van der Waals surface area contributed by atoms with E-state index >= 15 is 0 Å². The summed E-state index contributed by atoms with van der Waals surface area (Å²) in [5.41, 5.74) is 5.17. The Morgan fingerprint density at radius 2 is 1.30 bits per heavy atom. The van der Waals surface area contributed by atoms with Crippen LogP contribution >= 0.6 is 0 Å². The summed E-state index contributed by atoms with van der Waals surface area (Å²) in [6, 6.07) is 13.4. The molecule has 2 aromatic rings. The summed E-state index contributed by atoms with van der Waals surface area (Å²) in [6.07, 6.45) is 13.4. The van der Waals surface area contributed by atoms with Gasteiger partial charge in [-0.1, -0.05) is 76.3 Å². The largest absolute Gasteiger partial charge is 0.261 e. The molecule has 0 N–H and O–H groups in total. The van der Waals surface area contributed by atoms with Gasteiger partial charge in [-0.25, -0.2) is 0 Å². The molecule has 0 fully saturated rings. The molecule has 0 saturated heterocycles. The molecule has 0 aliphatic carbocycles. The van der Waals surface area contributed by atoms with E-state index < -0.39 is 0 Å². The molecule has 0 aliphatic heterocycles. The first-order chi connectivity index (χ1) is 11.3. The average molecular weight is 309 g/mol. The zero-order chi connectivity index (χ0) is 16.3. The van der Waals surface area contributed by atoms with Gasteiger partial charge in [0.25, 0.3) is 0 Å². The molecule has 1 heterocycles. The van der Waals surface area contributed by atoms with Crippen LogP contribution in [0.1, 0.15) is 70.1 Å². The third kappa shape index (κ3) is 6.17. The van der Waals surface area contributed by atoms with Crippen molar-refractivity contribution in [2.24, 2.45) is 0 Å². The lowest BCUT2D eigenvalue weighted by molar-refractivity contribution is 0.661. The van der Waals surface area contributed by atoms with Crippen LogP contribution in [0.5, 0.6) is 0 Å². The van der Waals surface area contributed by atoms with Crippen molar-refractivity contribution < 1.29 is 0 Å². The molecule has 23 heavy (non-hydrogen) atoms. The van der Waals surface area contributed by atoms with E-state index in [1.165, 1.54) is 73.8 Å². The molecule has 0 spiro atoms. The van der Waals surface area contributed by atoms with Crippen molar-refractivity contribution in [1.82, 2.24) is 4.98 Å². The fraction of sp³-hybridized carbons (Fsp3) is 0.500. The first-order valence-corrected chi connectivity index (χ1v) is 9.37. The van der Waals surface area contributed by atoms with Gasteiger partial charge in [-0.15, -0.1) is 0 Å². The molecule has 0 saturated carbocycles. The number of nitrogens with zero attached hydrogens (tertiary/aromatic N) is 1. The van der Waals surface area contributed by atoms with Crippen LogP contribution in [-0.2, 0) is 12.8 Å². The Hall–Kier alpha value is -1.63. The molecule has 0 amide bonds. The van der Waals surface area contributed by atoms with Gasteiger partial charge < -0.3 is 0 Å². The Bertz CT molecular complexity index is 539. The zero-order valence-corrected chi connectivity index (χ0v) is 14.9. The second-order valence-corrected chi connectivity index (χ2v) is 6.50. The van der Waals surface area contributed by atoms with E-state index in [9.17, 15) is 0 Å². The highest BCUT2D eigenvalue weighted by molar-refractivity contribution is 5.62. The van der Waals surface area contributed by atoms with Crippen LogP contribution in [0.4, 0.5) is 0 Å². The summed E-state index contributed by atoms with van der Waals surface area (Å²) in [4.78, 5) is 4.64. The van der Waals surface area contributed by atoms with E-state index in [-0.39, 0.29) is 0 Å². The molecule has 1 nitrogen and oxygen atoms in total. The maximum Gasteiger partial charge on any atom is 0.0404 e. The number of aromatic nitrogens is 1. The third-order valence-electron chi connectivity index (χ3n) is 4.47. The van der Waals surface area contributed by atoms with Crippen LogP contribution in [0, 0.1) is 0 Å². The molecule has 2 rings (SSSR count). The van der Waals surface area contributed by atoms with Gasteiger partial charge in [0, 0.05) is 17.5 Å². The minimum Gasteiger partial charge on any atom is -0.261 e. The summed E-state index contributed by atoms with van der Waals surface area (Å²) in [7, 11) is 0. The number of hydrogen-bond donors (Lipinski definition) is 0. The Morgan fingerprint density at radius 3 is 1.96 bits per heavy atom. The zero-order valence-electron chi connectivity index (χ0n) is 14.9. The Labute approximate surface area is 142 Å². The van der Waals surface area contributed by atoms with E-state index in [1.807, 2.05) is 6.20 Å². The van der Waals surface area contributed by atoms with Gasteiger partial charge in [0.15, 0.2) is 0 Å². The first kappa shape index (κ1) is 17.7. The topological polar surface area (TPSA) is 12.9 Å². The fourth-order valence-electron chi connectivity index (χ4n) is 2.92. The Balaban J connectivity index is 1.88. The molecule has 124 valence electrons. The summed E-state index contributed by atoms with van der Waals surface area (Å²) in [6.45, 7) is 4.51. The lowest BCUT2D eigenvalue weighted by Crippen LogP contribution is -1.91. The van der Waals surface area contributed by atoms with Crippen molar-refractivity contribution in [2.45, 2.75) is 71.6 Å². The molecule has 1 heteroatoms. The van der Waals surface area contributed by atoms with Crippen molar-refractivity contribution in [3.8, 4) is 11.1 Å². The second-order valence-electron chi connectivity index (χ2n) is 6.50. The number of unbranched alkanes of at least 4 members (excludes halogenated alkanes) is 5. The van der Waals surface area contributed by atoms with Crippen LogP contribution in [0.15, 0.2) is 42.6 Å². The van der Waals surface area contributed by atoms with Crippen LogP contribution in [0.3, 0.4) is 0 Å². The smallest absolute Gasteiger partial charge is 0.0404 e.